The van der Waals surface area contributed by atoms with Crippen LogP contribution in [0.1, 0.15) is 49.9 Å². The van der Waals surface area contributed by atoms with Gasteiger partial charge in [0.15, 0.2) is 0 Å². The van der Waals surface area contributed by atoms with Gasteiger partial charge in [-0.3, -0.25) is 5.32 Å². The van der Waals surface area contributed by atoms with Gasteiger partial charge in [0.1, 0.15) is 5.75 Å². The molecule has 0 saturated heterocycles. The lowest BCUT2D eigenvalue weighted by atomic mass is 10.0. The van der Waals surface area contributed by atoms with Crippen molar-refractivity contribution in [3.8, 4) is 5.75 Å². The molecule has 0 heterocycles. The number of phenols is 1. The lowest BCUT2D eigenvalue weighted by Crippen LogP contribution is -2.18. The molecule has 1 amide bonds. The Kier molecular flexibility index (Phi) is 7.94. The van der Waals surface area contributed by atoms with E-state index >= 15 is 0 Å². The topological polar surface area (TPSA) is 84.9 Å². The highest BCUT2D eigenvalue weighted by molar-refractivity contribution is 5.92. The molecule has 0 fully saturated rings. The highest BCUT2D eigenvalue weighted by Gasteiger charge is 2.13. The third-order valence-corrected chi connectivity index (χ3v) is 3.65. The zero-order valence-corrected chi connectivity index (χ0v) is 13.9. The summed E-state index contributed by atoms with van der Waals surface area (Å²) in [6.45, 7) is 4.54. The average molecular weight is 323 g/mol. The molecule has 0 spiro atoms. The van der Waals surface area contributed by atoms with Gasteiger partial charge in [0.05, 0.1) is 25.0 Å². The normalized spacial score (nSPS) is 11.6. The van der Waals surface area contributed by atoms with Crippen molar-refractivity contribution in [3.63, 3.8) is 0 Å². The van der Waals surface area contributed by atoms with Gasteiger partial charge >= 0.3 is 12.1 Å². The van der Waals surface area contributed by atoms with E-state index in [-0.39, 0.29) is 17.0 Å². The fraction of sp³-hybridized carbons (Fsp3) is 0.529. The van der Waals surface area contributed by atoms with Crippen LogP contribution < -0.4 is 5.32 Å². The molecule has 0 radical (unpaired) electrons. The van der Waals surface area contributed by atoms with E-state index in [4.69, 9.17) is 4.74 Å². The van der Waals surface area contributed by atoms with Crippen molar-refractivity contribution in [3.05, 3.63) is 23.8 Å². The SMILES string of the molecule is CCCCC(CC)COC(=O)Nc1ccc(C(=O)OC)cc1O. The van der Waals surface area contributed by atoms with Crippen molar-refractivity contribution >= 4 is 17.7 Å². The lowest BCUT2D eigenvalue weighted by molar-refractivity contribution is 0.0600. The number of rotatable bonds is 8. The molecular weight excluding hydrogens is 298 g/mol. The van der Waals surface area contributed by atoms with Crippen molar-refractivity contribution in [1.29, 1.82) is 0 Å². The summed E-state index contributed by atoms with van der Waals surface area (Å²) in [4.78, 5) is 23.1. The molecule has 0 saturated carbocycles. The standard InChI is InChI=1S/C17H25NO5/c1-4-6-7-12(5-2)11-23-17(21)18-14-9-8-13(10-15(14)19)16(20)22-3/h8-10,12,19H,4-7,11H2,1-3H3,(H,18,21). The number of benzene rings is 1. The molecule has 0 bridgehead atoms. The second-order valence-electron chi connectivity index (χ2n) is 5.36. The number of carbonyl (C=O) groups is 2. The number of anilines is 1. The van der Waals surface area contributed by atoms with E-state index in [9.17, 15) is 14.7 Å². The minimum atomic E-state index is -0.624. The number of esters is 1. The number of phenolic OH excluding ortho intramolecular Hbond substituents is 1. The Hall–Kier alpha value is -2.24. The van der Waals surface area contributed by atoms with E-state index in [2.05, 4.69) is 23.9 Å². The zero-order chi connectivity index (χ0) is 17.2. The summed E-state index contributed by atoms with van der Waals surface area (Å²) in [6, 6.07) is 4.12. The number of ether oxygens (including phenoxy) is 2. The van der Waals surface area contributed by atoms with E-state index in [1.807, 2.05) is 0 Å². The van der Waals surface area contributed by atoms with Gasteiger partial charge in [0, 0.05) is 0 Å². The van der Waals surface area contributed by atoms with Crippen LogP contribution in [-0.2, 0) is 9.47 Å². The summed E-state index contributed by atoms with van der Waals surface area (Å²) < 4.78 is 9.76. The second-order valence-corrected chi connectivity index (χ2v) is 5.36. The first-order chi connectivity index (χ1) is 11.0. The molecule has 23 heavy (non-hydrogen) atoms. The number of nitrogens with one attached hydrogen (secondary N) is 1. The van der Waals surface area contributed by atoms with Crippen molar-refractivity contribution in [2.24, 2.45) is 5.92 Å². The minimum Gasteiger partial charge on any atom is -0.506 e. The number of amides is 1. The summed E-state index contributed by atoms with van der Waals surface area (Å²) in [5.41, 5.74) is 0.388. The number of hydrogen-bond acceptors (Lipinski definition) is 5. The van der Waals surface area contributed by atoms with Gasteiger partial charge in [0.2, 0.25) is 0 Å². The molecule has 1 atom stereocenters. The molecule has 0 aliphatic heterocycles. The van der Waals surface area contributed by atoms with Gasteiger partial charge in [-0.25, -0.2) is 9.59 Å². The maximum Gasteiger partial charge on any atom is 0.411 e. The molecule has 6 nitrogen and oxygen atoms in total. The highest BCUT2D eigenvalue weighted by atomic mass is 16.5. The van der Waals surface area contributed by atoms with E-state index < -0.39 is 12.1 Å². The van der Waals surface area contributed by atoms with Gasteiger partial charge < -0.3 is 14.6 Å². The van der Waals surface area contributed by atoms with Crippen LogP contribution in [0.15, 0.2) is 18.2 Å². The first-order valence-electron chi connectivity index (χ1n) is 7.86. The van der Waals surface area contributed by atoms with Crippen molar-refractivity contribution in [2.75, 3.05) is 19.0 Å². The largest absolute Gasteiger partial charge is 0.506 e. The van der Waals surface area contributed by atoms with E-state index in [1.54, 1.807) is 0 Å². The van der Waals surface area contributed by atoms with E-state index in [0.717, 1.165) is 25.7 Å². The maximum absolute atomic E-state index is 11.8. The van der Waals surface area contributed by atoms with Crippen molar-refractivity contribution in [1.82, 2.24) is 0 Å². The monoisotopic (exact) mass is 323 g/mol. The zero-order valence-electron chi connectivity index (χ0n) is 13.9. The first kappa shape index (κ1) is 18.8. The summed E-state index contributed by atoms with van der Waals surface area (Å²) in [5.74, 6) is -0.435. The Balaban J connectivity index is 2.55. The van der Waals surface area contributed by atoms with E-state index in [1.165, 1.54) is 25.3 Å². The third kappa shape index (κ3) is 6.18. The van der Waals surface area contributed by atoms with Gasteiger partial charge in [-0.05, 0) is 30.5 Å². The fourth-order valence-corrected chi connectivity index (χ4v) is 2.12. The summed E-state index contributed by atoms with van der Waals surface area (Å²) in [6.07, 6.45) is 3.58. The van der Waals surface area contributed by atoms with Gasteiger partial charge in [-0.15, -0.1) is 0 Å². The van der Waals surface area contributed by atoms with Gasteiger partial charge in [-0.2, -0.15) is 0 Å². The molecule has 0 aliphatic rings. The summed E-state index contributed by atoms with van der Waals surface area (Å²) in [5, 5.41) is 12.3. The average Bonchev–Trinajstić information content (AvgIpc) is 2.56. The fourth-order valence-electron chi connectivity index (χ4n) is 2.12. The van der Waals surface area contributed by atoms with Gasteiger partial charge in [-0.1, -0.05) is 33.1 Å². The minimum absolute atomic E-state index is 0.184. The second kappa shape index (κ2) is 9.71. The smallest absolute Gasteiger partial charge is 0.411 e. The molecule has 0 aromatic heterocycles. The molecule has 1 rings (SSSR count). The molecule has 6 heteroatoms. The van der Waals surface area contributed by atoms with Crippen molar-refractivity contribution < 1.29 is 24.2 Å². The number of hydrogen-bond donors (Lipinski definition) is 2. The number of methoxy groups -OCH3 is 1. The lowest BCUT2D eigenvalue weighted by Gasteiger charge is -2.15. The molecule has 0 aliphatic carbocycles. The molecule has 1 unspecified atom stereocenters. The number of aromatic hydroxyl groups is 1. The highest BCUT2D eigenvalue weighted by Crippen LogP contribution is 2.25. The van der Waals surface area contributed by atoms with Crippen LogP contribution in [0.25, 0.3) is 0 Å². The van der Waals surface area contributed by atoms with Crippen LogP contribution in [0.2, 0.25) is 0 Å². The van der Waals surface area contributed by atoms with Crippen LogP contribution >= 0.6 is 0 Å². The van der Waals surface area contributed by atoms with Crippen molar-refractivity contribution in [2.45, 2.75) is 39.5 Å². The molecular formula is C17H25NO5. The Morgan fingerprint density at radius 3 is 2.61 bits per heavy atom. The predicted octanol–water partition coefficient (Wildman–Crippen LogP) is 3.94. The molecule has 1 aromatic carbocycles. The third-order valence-electron chi connectivity index (χ3n) is 3.65. The predicted molar refractivity (Wildman–Crippen MR) is 87.7 cm³/mol. The first-order valence-corrected chi connectivity index (χ1v) is 7.86. The Labute approximate surface area is 136 Å². The Bertz CT molecular complexity index is 530. The van der Waals surface area contributed by atoms with Crippen LogP contribution in [0, 0.1) is 5.92 Å². The van der Waals surface area contributed by atoms with Crippen LogP contribution in [0.3, 0.4) is 0 Å². The summed E-state index contributed by atoms with van der Waals surface area (Å²) in [7, 11) is 1.26. The molecule has 2 N–H and O–H groups in total. The Morgan fingerprint density at radius 1 is 1.30 bits per heavy atom. The van der Waals surface area contributed by atoms with E-state index in [0.29, 0.717) is 12.5 Å². The molecule has 128 valence electrons. The molecule has 1 aromatic rings. The number of unbranched alkanes of at least 4 members (excludes halogenated alkanes) is 1. The number of carbonyl (C=O) groups excluding carboxylic acids is 2. The quantitative estimate of drug-likeness (QED) is 0.559. The van der Waals surface area contributed by atoms with Gasteiger partial charge in [0.25, 0.3) is 0 Å². The van der Waals surface area contributed by atoms with Crippen LogP contribution in [-0.4, -0.2) is 30.9 Å². The Morgan fingerprint density at radius 2 is 2.04 bits per heavy atom. The maximum atomic E-state index is 11.8. The summed E-state index contributed by atoms with van der Waals surface area (Å²) >= 11 is 0. The van der Waals surface area contributed by atoms with Crippen LogP contribution in [0.5, 0.6) is 5.75 Å². The van der Waals surface area contributed by atoms with Crippen LogP contribution in [0.4, 0.5) is 10.5 Å².